The lowest BCUT2D eigenvalue weighted by Crippen LogP contribution is -2.34. The maximum Gasteiger partial charge on any atom is 0.573 e. The second-order valence-electron chi connectivity index (χ2n) is 7.75. The van der Waals surface area contributed by atoms with Crippen LogP contribution in [0.4, 0.5) is 13.2 Å². The average Bonchev–Trinajstić information content (AvgIpc) is 3.26. The van der Waals surface area contributed by atoms with Crippen LogP contribution in [0.1, 0.15) is 35.2 Å². The molecule has 2 aromatic carbocycles. The number of carbonyl (C=O) groups is 2. The lowest BCUT2D eigenvalue weighted by molar-refractivity contribution is -0.274. The van der Waals surface area contributed by atoms with Gasteiger partial charge in [0.25, 0.3) is 5.91 Å². The van der Waals surface area contributed by atoms with Gasteiger partial charge in [0.15, 0.2) is 11.5 Å². The Balaban J connectivity index is 1.78. The normalized spacial score (nSPS) is 18.0. The smallest absolute Gasteiger partial charge is 0.493 e. The quantitative estimate of drug-likeness (QED) is 0.405. The first-order chi connectivity index (χ1) is 16.7. The molecule has 35 heavy (non-hydrogen) atoms. The van der Waals surface area contributed by atoms with E-state index in [1.807, 2.05) is 0 Å². The van der Waals surface area contributed by atoms with Gasteiger partial charge >= 0.3 is 12.3 Å². The Kier molecular flexibility index (Phi) is 8.26. The van der Waals surface area contributed by atoms with E-state index >= 15 is 0 Å². The monoisotopic (exact) mass is 493 g/mol. The molecule has 3 atom stereocenters. The zero-order valence-corrected chi connectivity index (χ0v) is 19.4. The molecule has 1 aliphatic carbocycles. The van der Waals surface area contributed by atoms with Gasteiger partial charge in [0.05, 0.1) is 32.3 Å². The minimum absolute atomic E-state index is 0.190. The molecule has 0 fully saturated rings. The summed E-state index contributed by atoms with van der Waals surface area (Å²) in [6, 6.07) is 9.73. The highest BCUT2D eigenvalue weighted by Gasteiger charge is 2.36. The SMILES string of the molecule is CCOC(=O)[C@H](c1ccc(OC)c(OC)c1)[C@H]1C=C[C@@H](NC(=O)c2ccccc2OC(F)(F)F)C1. The van der Waals surface area contributed by atoms with Crippen LogP contribution >= 0.6 is 0 Å². The first-order valence-corrected chi connectivity index (χ1v) is 10.9. The van der Waals surface area contributed by atoms with E-state index < -0.39 is 35.9 Å². The van der Waals surface area contributed by atoms with Gasteiger partial charge in [-0.2, -0.15) is 0 Å². The number of allylic oxidation sites excluding steroid dienone is 1. The van der Waals surface area contributed by atoms with Crippen LogP contribution in [0.3, 0.4) is 0 Å². The van der Waals surface area contributed by atoms with Crippen molar-refractivity contribution in [3.63, 3.8) is 0 Å². The number of hydrogen-bond acceptors (Lipinski definition) is 6. The average molecular weight is 493 g/mol. The Labute approximate surface area is 200 Å². The fourth-order valence-electron chi connectivity index (χ4n) is 4.03. The summed E-state index contributed by atoms with van der Waals surface area (Å²) in [7, 11) is 2.99. The molecule has 1 amide bonds. The number of methoxy groups -OCH3 is 2. The molecule has 10 heteroatoms. The summed E-state index contributed by atoms with van der Waals surface area (Å²) >= 11 is 0. The lowest BCUT2D eigenvalue weighted by atomic mass is 9.85. The van der Waals surface area contributed by atoms with E-state index in [2.05, 4.69) is 10.1 Å². The second-order valence-corrected chi connectivity index (χ2v) is 7.75. The zero-order chi connectivity index (χ0) is 25.6. The molecule has 7 nitrogen and oxygen atoms in total. The molecule has 0 heterocycles. The molecule has 1 N–H and O–H groups in total. The lowest BCUT2D eigenvalue weighted by Gasteiger charge is -2.23. The molecular formula is C25H26F3NO6. The van der Waals surface area contributed by atoms with Crippen LogP contribution in [0.2, 0.25) is 0 Å². The van der Waals surface area contributed by atoms with Gasteiger partial charge < -0.3 is 24.3 Å². The Morgan fingerprint density at radius 3 is 2.40 bits per heavy atom. The molecular weight excluding hydrogens is 467 g/mol. The van der Waals surface area contributed by atoms with Crippen molar-refractivity contribution >= 4 is 11.9 Å². The van der Waals surface area contributed by atoms with E-state index in [4.69, 9.17) is 14.2 Å². The van der Waals surface area contributed by atoms with Crippen molar-refractivity contribution in [2.24, 2.45) is 5.92 Å². The maximum absolute atomic E-state index is 12.9. The number of para-hydroxylation sites is 1. The molecule has 0 unspecified atom stereocenters. The molecule has 0 saturated carbocycles. The van der Waals surface area contributed by atoms with E-state index in [0.717, 1.165) is 6.07 Å². The summed E-state index contributed by atoms with van der Waals surface area (Å²) < 4.78 is 58.0. The van der Waals surface area contributed by atoms with E-state index in [9.17, 15) is 22.8 Å². The van der Waals surface area contributed by atoms with E-state index in [-0.39, 0.29) is 18.1 Å². The maximum atomic E-state index is 12.9. The topological polar surface area (TPSA) is 83.1 Å². The van der Waals surface area contributed by atoms with Crippen molar-refractivity contribution in [2.45, 2.75) is 31.7 Å². The predicted molar refractivity (Wildman–Crippen MR) is 121 cm³/mol. The number of nitrogens with one attached hydrogen (secondary N) is 1. The molecule has 2 aromatic rings. The van der Waals surface area contributed by atoms with Crippen LogP contribution in [0.25, 0.3) is 0 Å². The summed E-state index contributed by atoms with van der Waals surface area (Å²) in [6.45, 7) is 1.90. The Morgan fingerprint density at radius 2 is 1.74 bits per heavy atom. The van der Waals surface area contributed by atoms with Gasteiger partial charge in [0.2, 0.25) is 0 Å². The number of esters is 1. The first kappa shape index (κ1) is 25.9. The number of benzene rings is 2. The third-order valence-electron chi connectivity index (χ3n) is 5.53. The van der Waals surface area contributed by atoms with Crippen LogP contribution < -0.4 is 19.5 Å². The van der Waals surface area contributed by atoms with Crippen molar-refractivity contribution in [1.82, 2.24) is 5.32 Å². The highest BCUT2D eigenvalue weighted by Crippen LogP contribution is 2.38. The van der Waals surface area contributed by atoms with Gasteiger partial charge in [-0.25, -0.2) is 0 Å². The molecule has 0 bridgehead atoms. The highest BCUT2D eigenvalue weighted by atomic mass is 19.4. The van der Waals surface area contributed by atoms with Crippen LogP contribution in [-0.4, -0.2) is 45.1 Å². The molecule has 0 saturated heterocycles. The number of ether oxygens (including phenoxy) is 4. The Morgan fingerprint density at radius 1 is 1.03 bits per heavy atom. The van der Waals surface area contributed by atoms with E-state index in [1.54, 1.807) is 37.3 Å². The standard InChI is InChI=1S/C25H26F3NO6/c1-4-34-24(31)22(16-10-12-20(32-2)21(14-16)33-3)15-9-11-17(13-15)29-23(30)18-7-5-6-8-19(18)35-25(26,27)28/h5-12,14-15,17,22H,4,13H2,1-3H3,(H,29,30)/t15-,17+,22-/m0/s1. The third-order valence-corrected chi connectivity index (χ3v) is 5.53. The van der Waals surface area contributed by atoms with Gasteiger partial charge in [-0.3, -0.25) is 9.59 Å². The number of alkyl halides is 3. The van der Waals surface area contributed by atoms with Crippen LogP contribution in [0.5, 0.6) is 17.2 Å². The first-order valence-electron chi connectivity index (χ1n) is 10.9. The van der Waals surface area contributed by atoms with Gasteiger partial charge in [-0.15, -0.1) is 13.2 Å². The summed E-state index contributed by atoms with van der Waals surface area (Å²) in [4.78, 5) is 25.6. The van der Waals surface area contributed by atoms with Crippen molar-refractivity contribution in [1.29, 1.82) is 0 Å². The van der Waals surface area contributed by atoms with Gasteiger partial charge in [0.1, 0.15) is 5.75 Å². The number of hydrogen-bond donors (Lipinski definition) is 1. The van der Waals surface area contributed by atoms with Gasteiger partial charge in [0, 0.05) is 6.04 Å². The summed E-state index contributed by atoms with van der Waals surface area (Å²) in [5, 5.41) is 2.70. The van der Waals surface area contributed by atoms with E-state index in [1.165, 1.54) is 32.4 Å². The Bertz CT molecular complexity index is 1090. The van der Waals surface area contributed by atoms with Crippen molar-refractivity contribution in [3.8, 4) is 17.2 Å². The summed E-state index contributed by atoms with van der Waals surface area (Å²) in [6.07, 6.45) is -1.09. The molecule has 0 aromatic heterocycles. The molecule has 188 valence electrons. The highest BCUT2D eigenvalue weighted by molar-refractivity contribution is 5.97. The largest absolute Gasteiger partial charge is 0.573 e. The van der Waals surface area contributed by atoms with Crippen molar-refractivity contribution < 1.29 is 41.7 Å². The fourth-order valence-corrected chi connectivity index (χ4v) is 4.03. The molecule has 3 rings (SSSR count). The van der Waals surface area contributed by atoms with Gasteiger partial charge in [-0.05, 0) is 49.1 Å². The Hall–Kier alpha value is -3.69. The number of carbonyl (C=O) groups excluding carboxylic acids is 2. The van der Waals surface area contributed by atoms with Gasteiger partial charge in [-0.1, -0.05) is 30.4 Å². The second kappa shape index (κ2) is 11.2. The van der Waals surface area contributed by atoms with Crippen LogP contribution in [0, 0.1) is 5.92 Å². The summed E-state index contributed by atoms with van der Waals surface area (Å²) in [5.41, 5.74) is 0.398. The minimum atomic E-state index is -4.93. The molecule has 0 radical (unpaired) electrons. The van der Waals surface area contributed by atoms with Crippen molar-refractivity contribution in [3.05, 3.63) is 65.7 Å². The fraction of sp³-hybridized carbons (Fsp3) is 0.360. The zero-order valence-electron chi connectivity index (χ0n) is 19.4. The number of rotatable bonds is 9. The molecule has 0 aliphatic heterocycles. The van der Waals surface area contributed by atoms with Crippen LogP contribution in [0.15, 0.2) is 54.6 Å². The summed E-state index contributed by atoms with van der Waals surface area (Å²) in [5.74, 6) is -1.82. The predicted octanol–water partition coefficient (Wildman–Crippen LogP) is 4.62. The van der Waals surface area contributed by atoms with Crippen LogP contribution in [-0.2, 0) is 9.53 Å². The van der Waals surface area contributed by atoms with Crippen molar-refractivity contribution in [2.75, 3.05) is 20.8 Å². The number of halogens is 3. The van der Waals surface area contributed by atoms with E-state index in [0.29, 0.717) is 23.5 Å². The minimum Gasteiger partial charge on any atom is -0.493 e. The number of amides is 1. The molecule has 1 aliphatic rings. The molecule has 0 spiro atoms. The third kappa shape index (κ3) is 6.46.